The van der Waals surface area contributed by atoms with E-state index >= 15 is 0 Å². The van der Waals surface area contributed by atoms with Crippen molar-refractivity contribution in [3.63, 3.8) is 0 Å². The van der Waals surface area contributed by atoms with Crippen LogP contribution < -0.4 is 5.73 Å². The number of amides is 2. The largest absolute Gasteiger partial charge is 0.383 e. The monoisotopic (exact) mass is 353 g/mol. The van der Waals surface area contributed by atoms with Gasteiger partial charge in [-0.25, -0.2) is 0 Å². The molecule has 1 aromatic carbocycles. The van der Waals surface area contributed by atoms with Crippen LogP contribution in [0, 0.1) is 5.92 Å². The quantitative estimate of drug-likeness (QED) is 0.789. The Labute approximate surface area is 153 Å². The summed E-state index contributed by atoms with van der Waals surface area (Å²) in [5, 5.41) is 0. The molecule has 1 aliphatic rings. The van der Waals surface area contributed by atoms with Gasteiger partial charge in [-0.1, -0.05) is 12.1 Å². The minimum Gasteiger partial charge on any atom is -0.383 e. The first-order chi connectivity index (χ1) is 12.6. The second-order valence-corrected chi connectivity index (χ2v) is 6.59. The Morgan fingerprint density at radius 1 is 1.19 bits per heavy atom. The molecule has 1 aliphatic carbocycles. The van der Waals surface area contributed by atoms with Gasteiger partial charge in [0.1, 0.15) is 0 Å². The first-order valence-corrected chi connectivity index (χ1v) is 8.72. The summed E-state index contributed by atoms with van der Waals surface area (Å²) in [5.41, 5.74) is 7.86. The van der Waals surface area contributed by atoms with Crippen LogP contribution in [-0.2, 0) is 4.74 Å². The smallest absolute Gasteiger partial charge is 0.253 e. The lowest BCUT2D eigenvalue weighted by Crippen LogP contribution is -2.35. The van der Waals surface area contributed by atoms with Crippen molar-refractivity contribution in [2.75, 3.05) is 26.8 Å². The van der Waals surface area contributed by atoms with E-state index in [1.165, 1.54) is 19.0 Å². The van der Waals surface area contributed by atoms with Crippen LogP contribution in [0.2, 0.25) is 0 Å². The van der Waals surface area contributed by atoms with Gasteiger partial charge in [0.2, 0.25) is 5.91 Å². The topological polar surface area (TPSA) is 85.5 Å². The zero-order valence-electron chi connectivity index (χ0n) is 14.9. The molecule has 0 saturated heterocycles. The van der Waals surface area contributed by atoms with Gasteiger partial charge in [0.05, 0.1) is 12.2 Å². The Bertz CT molecular complexity index is 802. The van der Waals surface area contributed by atoms with Gasteiger partial charge in [-0.2, -0.15) is 0 Å². The fourth-order valence-electron chi connectivity index (χ4n) is 2.84. The van der Waals surface area contributed by atoms with Gasteiger partial charge < -0.3 is 15.4 Å². The molecule has 0 unspecified atom stereocenters. The van der Waals surface area contributed by atoms with Crippen molar-refractivity contribution < 1.29 is 14.3 Å². The number of ether oxygens (including phenoxy) is 1. The predicted octanol–water partition coefficient (Wildman–Crippen LogP) is 2.35. The first-order valence-electron chi connectivity index (χ1n) is 8.72. The number of rotatable bonds is 8. The number of hydrogen-bond donors (Lipinski definition) is 1. The molecular formula is C20H23N3O3. The molecule has 0 radical (unpaired) electrons. The lowest BCUT2D eigenvalue weighted by Gasteiger charge is -2.22. The number of carbonyl (C=O) groups excluding carboxylic acids is 2. The fraction of sp³-hybridized carbons (Fsp3) is 0.350. The summed E-state index contributed by atoms with van der Waals surface area (Å²) < 4.78 is 5.14. The van der Waals surface area contributed by atoms with Crippen LogP contribution in [0.25, 0.3) is 11.1 Å². The zero-order valence-corrected chi connectivity index (χ0v) is 14.9. The summed E-state index contributed by atoms with van der Waals surface area (Å²) in [6.07, 6.45) is 5.45. The highest BCUT2D eigenvalue weighted by molar-refractivity contribution is 5.96. The molecule has 1 fully saturated rings. The number of benzene rings is 1. The van der Waals surface area contributed by atoms with Crippen LogP contribution in [0.5, 0.6) is 0 Å². The number of nitrogens with two attached hydrogens (primary N) is 1. The van der Waals surface area contributed by atoms with Gasteiger partial charge in [-0.05, 0) is 42.5 Å². The Kier molecular flexibility index (Phi) is 5.63. The number of methoxy groups -OCH3 is 1. The van der Waals surface area contributed by atoms with Crippen LogP contribution in [-0.4, -0.2) is 48.5 Å². The van der Waals surface area contributed by atoms with Gasteiger partial charge in [-0.15, -0.1) is 0 Å². The number of carbonyl (C=O) groups is 2. The predicted molar refractivity (Wildman–Crippen MR) is 98.7 cm³/mol. The van der Waals surface area contributed by atoms with Crippen LogP contribution >= 0.6 is 0 Å². The number of hydrogen-bond acceptors (Lipinski definition) is 4. The molecule has 136 valence electrons. The van der Waals surface area contributed by atoms with Gasteiger partial charge in [0.25, 0.3) is 5.91 Å². The first kappa shape index (κ1) is 18.1. The molecule has 26 heavy (non-hydrogen) atoms. The van der Waals surface area contributed by atoms with E-state index in [9.17, 15) is 9.59 Å². The molecule has 0 aliphatic heterocycles. The molecule has 1 heterocycles. The van der Waals surface area contributed by atoms with E-state index in [1.54, 1.807) is 19.4 Å². The maximum absolute atomic E-state index is 13.0. The summed E-state index contributed by atoms with van der Waals surface area (Å²) in [6.45, 7) is 1.86. The molecule has 0 bridgehead atoms. The van der Waals surface area contributed by atoms with E-state index < -0.39 is 5.91 Å². The Morgan fingerprint density at radius 3 is 2.65 bits per heavy atom. The minimum atomic E-state index is -0.526. The van der Waals surface area contributed by atoms with Gasteiger partial charge >= 0.3 is 0 Å². The normalized spacial score (nSPS) is 13.4. The average molecular weight is 353 g/mol. The number of nitrogens with zero attached hydrogens (tertiary/aromatic N) is 2. The highest BCUT2D eigenvalue weighted by atomic mass is 16.5. The average Bonchev–Trinajstić information content (AvgIpc) is 3.49. The fourth-order valence-corrected chi connectivity index (χ4v) is 2.84. The Balaban J connectivity index is 1.84. The van der Waals surface area contributed by atoms with Crippen molar-refractivity contribution in [1.29, 1.82) is 0 Å². The molecule has 2 N–H and O–H groups in total. The zero-order chi connectivity index (χ0) is 18.5. The molecule has 0 atom stereocenters. The van der Waals surface area contributed by atoms with E-state index in [1.807, 2.05) is 29.2 Å². The molecule has 1 aromatic heterocycles. The standard InChI is InChI=1S/C20H23N3O3/c1-26-8-7-23(13-14-5-6-14)20(25)16-4-2-3-15(9-16)17-10-18(19(21)24)12-22-11-17/h2-4,9-12,14H,5-8,13H2,1H3,(H2,21,24). The summed E-state index contributed by atoms with van der Waals surface area (Å²) in [5.74, 6) is 0.0759. The molecule has 1 saturated carbocycles. The summed E-state index contributed by atoms with van der Waals surface area (Å²) in [6, 6.07) is 9.05. The van der Waals surface area contributed by atoms with Crippen molar-refractivity contribution in [3.05, 3.63) is 53.9 Å². The maximum Gasteiger partial charge on any atom is 0.253 e. The maximum atomic E-state index is 13.0. The minimum absolute atomic E-state index is 0.00480. The van der Waals surface area contributed by atoms with E-state index in [0.29, 0.717) is 30.2 Å². The molecule has 2 aromatic rings. The van der Waals surface area contributed by atoms with Crippen LogP contribution in [0.3, 0.4) is 0 Å². The summed E-state index contributed by atoms with van der Waals surface area (Å²) >= 11 is 0. The number of aromatic nitrogens is 1. The molecular weight excluding hydrogens is 330 g/mol. The lowest BCUT2D eigenvalue weighted by molar-refractivity contribution is 0.0686. The molecule has 6 heteroatoms. The van der Waals surface area contributed by atoms with E-state index in [0.717, 1.165) is 17.7 Å². The van der Waals surface area contributed by atoms with Crippen molar-refractivity contribution in [3.8, 4) is 11.1 Å². The molecule has 6 nitrogen and oxygen atoms in total. The second-order valence-electron chi connectivity index (χ2n) is 6.59. The van der Waals surface area contributed by atoms with Crippen molar-refractivity contribution in [2.24, 2.45) is 11.7 Å². The Morgan fingerprint density at radius 2 is 1.96 bits per heavy atom. The molecule has 2 amide bonds. The van der Waals surface area contributed by atoms with E-state index in [4.69, 9.17) is 10.5 Å². The SMILES string of the molecule is COCCN(CC1CC1)C(=O)c1cccc(-c2cncc(C(N)=O)c2)c1. The van der Waals surface area contributed by atoms with Crippen molar-refractivity contribution in [1.82, 2.24) is 9.88 Å². The highest BCUT2D eigenvalue weighted by Crippen LogP contribution is 2.30. The third-order valence-electron chi connectivity index (χ3n) is 4.49. The van der Waals surface area contributed by atoms with Crippen LogP contribution in [0.4, 0.5) is 0 Å². The van der Waals surface area contributed by atoms with E-state index in [-0.39, 0.29) is 5.91 Å². The van der Waals surface area contributed by atoms with Gasteiger partial charge in [0, 0.05) is 43.7 Å². The summed E-state index contributed by atoms with van der Waals surface area (Å²) in [4.78, 5) is 30.2. The van der Waals surface area contributed by atoms with Gasteiger partial charge in [0.15, 0.2) is 0 Å². The number of pyridine rings is 1. The Hall–Kier alpha value is -2.73. The van der Waals surface area contributed by atoms with Crippen LogP contribution in [0.1, 0.15) is 33.6 Å². The summed E-state index contributed by atoms with van der Waals surface area (Å²) in [7, 11) is 1.64. The van der Waals surface area contributed by atoms with E-state index in [2.05, 4.69) is 4.98 Å². The van der Waals surface area contributed by atoms with Crippen molar-refractivity contribution >= 4 is 11.8 Å². The lowest BCUT2D eigenvalue weighted by atomic mass is 10.0. The second kappa shape index (κ2) is 8.10. The molecule has 0 spiro atoms. The molecule has 3 rings (SSSR count). The van der Waals surface area contributed by atoms with Crippen molar-refractivity contribution in [2.45, 2.75) is 12.8 Å². The number of primary amides is 1. The third kappa shape index (κ3) is 4.46. The van der Waals surface area contributed by atoms with Gasteiger partial charge in [-0.3, -0.25) is 14.6 Å². The highest BCUT2D eigenvalue weighted by Gasteiger charge is 2.27. The third-order valence-corrected chi connectivity index (χ3v) is 4.49. The van der Waals surface area contributed by atoms with Crippen LogP contribution in [0.15, 0.2) is 42.7 Å².